The van der Waals surface area contributed by atoms with E-state index in [1.165, 1.54) is 0 Å². The number of aryl methyl sites for hydroxylation is 1. The van der Waals surface area contributed by atoms with Crippen molar-refractivity contribution in [1.29, 1.82) is 0 Å². The van der Waals surface area contributed by atoms with Crippen molar-refractivity contribution in [3.05, 3.63) is 16.2 Å². The summed E-state index contributed by atoms with van der Waals surface area (Å²) in [5.74, 6) is 0.0363. The first-order valence-corrected chi connectivity index (χ1v) is 3.65. The molecule has 0 radical (unpaired) electrons. The molecule has 0 aromatic carbocycles. The van der Waals surface area contributed by atoms with E-state index in [9.17, 15) is 0 Å². The average Bonchev–Trinajstić information content (AvgIpc) is 2.17. The molecule has 0 atom stereocenters. The third kappa shape index (κ3) is 1.09. The summed E-state index contributed by atoms with van der Waals surface area (Å²) in [5.41, 5.74) is 0. The normalized spacial score (nSPS) is 10.3. The van der Waals surface area contributed by atoms with Gasteiger partial charge in [-0.2, -0.15) is 0 Å². The van der Waals surface area contributed by atoms with E-state index in [-0.39, 0.29) is 10.9 Å². The van der Waals surface area contributed by atoms with Crippen molar-refractivity contribution in [3.8, 4) is 5.88 Å². The molecule has 4 heteroatoms. The third-order valence-electron chi connectivity index (χ3n) is 1.29. The van der Waals surface area contributed by atoms with Crippen LogP contribution in [0.5, 0.6) is 5.88 Å². The summed E-state index contributed by atoms with van der Waals surface area (Å²) < 4.78 is 1.57. The van der Waals surface area contributed by atoms with Crippen molar-refractivity contribution in [2.24, 2.45) is 0 Å². The van der Waals surface area contributed by atoms with Crippen LogP contribution in [-0.4, -0.2) is 9.67 Å². The molecule has 1 aromatic heterocycles. The maximum atomic E-state index is 9.16. The van der Waals surface area contributed by atoms with Crippen molar-refractivity contribution in [2.45, 2.75) is 13.5 Å². The Bertz CT molecular complexity index is 244. The van der Waals surface area contributed by atoms with Gasteiger partial charge in [0.2, 0.25) is 5.88 Å². The van der Waals surface area contributed by atoms with Crippen molar-refractivity contribution in [2.75, 3.05) is 0 Å². The van der Waals surface area contributed by atoms with Gasteiger partial charge in [0, 0.05) is 12.7 Å². The topological polar surface area (TPSA) is 25.2 Å². The Morgan fingerprint density at radius 2 is 2.20 bits per heavy atom. The first-order chi connectivity index (χ1) is 4.66. The number of hydrogen-bond acceptors (Lipinski definition) is 1. The van der Waals surface area contributed by atoms with E-state index < -0.39 is 0 Å². The zero-order valence-electron chi connectivity index (χ0n) is 5.43. The molecule has 0 amide bonds. The van der Waals surface area contributed by atoms with Crippen LogP contribution in [-0.2, 0) is 6.54 Å². The summed E-state index contributed by atoms with van der Waals surface area (Å²) in [4.78, 5) is 0. The van der Waals surface area contributed by atoms with E-state index in [2.05, 4.69) is 0 Å². The second-order valence-electron chi connectivity index (χ2n) is 1.90. The van der Waals surface area contributed by atoms with Crippen LogP contribution < -0.4 is 0 Å². The number of nitrogens with zero attached hydrogens (tertiary/aromatic N) is 1. The van der Waals surface area contributed by atoms with Gasteiger partial charge in [-0.1, -0.05) is 23.2 Å². The van der Waals surface area contributed by atoms with E-state index in [1.807, 2.05) is 6.92 Å². The fraction of sp³-hybridized carbons (Fsp3) is 0.333. The maximum Gasteiger partial charge on any atom is 0.211 e. The van der Waals surface area contributed by atoms with Gasteiger partial charge in [0.15, 0.2) is 0 Å². The van der Waals surface area contributed by atoms with Gasteiger partial charge in [0.25, 0.3) is 0 Å². The Balaban J connectivity index is 3.17. The van der Waals surface area contributed by atoms with Gasteiger partial charge in [-0.3, -0.25) is 0 Å². The van der Waals surface area contributed by atoms with Crippen LogP contribution in [0.1, 0.15) is 6.92 Å². The Labute approximate surface area is 69.0 Å². The predicted octanol–water partition coefficient (Wildman–Crippen LogP) is 2.52. The van der Waals surface area contributed by atoms with Crippen LogP contribution in [0, 0.1) is 0 Å². The second-order valence-corrected chi connectivity index (χ2v) is 2.69. The molecule has 56 valence electrons. The highest BCUT2D eigenvalue weighted by atomic mass is 35.5. The average molecular weight is 180 g/mol. The summed E-state index contributed by atoms with van der Waals surface area (Å²) in [5, 5.41) is 9.78. The lowest BCUT2D eigenvalue weighted by Gasteiger charge is -1.96. The van der Waals surface area contributed by atoms with Crippen LogP contribution in [0.15, 0.2) is 6.20 Å². The zero-order valence-corrected chi connectivity index (χ0v) is 6.95. The van der Waals surface area contributed by atoms with E-state index in [0.717, 1.165) is 0 Å². The van der Waals surface area contributed by atoms with Crippen molar-refractivity contribution >= 4 is 23.2 Å². The highest BCUT2D eigenvalue weighted by molar-refractivity contribution is 6.42. The van der Waals surface area contributed by atoms with Crippen molar-refractivity contribution in [1.82, 2.24) is 4.57 Å². The van der Waals surface area contributed by atoms with Gasteiger partial charge in [0.1, 0.15) is 5.02 Å². The number of hydrogen-bond donors (Lipinski definition) is 1. The molecule has 1 N–H and O–H groups in total. The minimum Gasteiger partial charge on any atom is -0.493 e. The van der Waals surface area contributed by atoms with Gasteiger partial charge < -0.3 is 9.67 Å². The first kappa shape index (κ1) is 7.76. The van der Waals surface area contributed by atoms with Gasteiger partial charge in [-0.05, 0) is 6.92 Å². The lowest BCUT2D eigenvalue weighted by atomic mass is 10.6. The van der Waals surface area contributed by atoms with Crippen LogP contribution in [0.4, 0.5) is 0 Å². The molecule has 2 nitrogen and oxygen atoms in total. The van der Waals surface area contributed by atoms with Gasteiger partial charge >= 0.3 is 0 Å². The fourth-order valence-corrected chi connectivity index (χ4v) is 1.09. The van der Waals surface area contributed by atoms with Crippen molar-refractivity contribution in [3.63, 3.8) is 0 Å². The molecule has 0 spiro atoms. The smallest absolute Gasteiger partial charge is 0.211 e. The fourth-order valence-electron chi connectivity index (χ4n) is 0.729. The summed E-state index contributed by atoms with van der Waals surface area (Å²) in [7, 11) is 0. The molecule has 0 saturated carbocycles. The van der Waals surface area contributed by atoms with Crippen LogP contribution in [0.25, 0.3) is 0 Å². The predicted molar refractivity (Wildman–Crippen MR) is 41.8 cm³/mol. The lowest BCUT2D eigenvalue weighted by Crippen LogP contribution is -1.88. The molecule has 0 aliphatic heterocycles. The van der Waals surface area contributed by atoms with Gasteiger partial charge in [-0.25, -0.2) is 0 Å². The molecule has 0 bridgehead atoms. The molecule has 0 fully saturated rings. The van der Waals surface area contributed by atoms with E-state index in [1.54, 1.807) is 10.8 Å². The molecule has 0 unspecified atom stereocenters. The third-order valence-corrected chi connectivity index (χ3v) is 2.04. The summed E-state index contributed by atoms with van der Waals surface area (Å²) >= 11 is 11.2. The molecule has 10 heavy (non-hydrogen) atoms. The summed E-state index contributed by atoms with van der Waals surface area (Å²) in [6.07, 6.45) is 1.60. The first-order valence-electron chi connectivity index (χ1n) is 2.90. The number of aromatic hydroxyl groups is 1. The largest absolute Gasteiger partial charge is 0.493 e. The van der Waals surface area contributed by atoms with Gasteiger partial charge in [0.05, 0.1) is 5.02 Å². The highest BCUT2D eigenvalue weighted by Gasteiger charge is 2.09. The van der Waals surface area contributed by atoms with Crippen molar-refractivity contribution < 1.29 is 5.11 Å². The summed E-state index contributed by atoms with van der Waals surface area (Å²) in [6.45, 7) is 2.56. The monoisotopic (exact) mass is 179 g/mol. The standard InChI is InChI=1S/C6H7Cl2NO/c1-2-9-3-4(7)5(8)6(9)10/h3,10H,2H2,1H3. The number of rotatable bonds is 1. The van der Waals surface area contributed by atoms with Crippen LogP contribution >= 0.6 is 23.2 Å². The SMILES string of the molecule is CCn1cc(Cl)c(Cl)c1O. The Morgan fingerprint density at radius 1 is 1.60 bits per heavy atom. The van der Waals surface area contributed by atoms with Crippen LogP contribution in [0.2, 0.25) is 10.0 Å². The molecule has 1 aromatic rings. The molecule has 0 aliphatic carbocycles. The van der Waals surface area contributed by atoms with Crippen LogP contribution in [0.3, 0.4) is 0 Å². The Kier molecular flexibility index (Phi) is 2.11. The zero-order chi connectivity index (χ0) is 7.72. The molecular formula is C6H7Cl2NO. The van der Waals surface area contributed by atoms with E-state index in [0.29, 0.717) is 11.6 Å². The Morgan fingerprint density at radius 3 is 2.40 bits per heavy atom. The molecular weight excluding hydrogens is 173 g/mol. The lowest BCUT2D eigenvalue weighted by molar-refractivity contribution is 0.422. The minimum absolute atomic E-state index is 0.0363. The quantitative estimate of drug-likeness (QED) is 0.705. The Hall–Kier alpha value is -0.340. The van der Waals surface area contributed by atoms with E-state index in [4.69, 9.17) is 28.3 Å². The molecule has 1 rings (SSSR count). The molecule has 0 saturated heterocycles. The van der Waals surface area contributed by atoms with Gasteiger partial charge in [-0.15, -0.1) is 0 Å². The second kappa shape index (κ2) is 2.72. The number of aromatic nitrogens is 1. The molecule has 1 heterocycles. The number of halogens is 2. The maximum absolute atomic E-state index is 9.16. The van der Waals surface area contributed by atoms with E-state index >= 15 is 0 Å². The highest BCUT2D eigenvalue weighted by Crippen LogP contribution is 2.32. The molecule has 0 aliphatic rings. The minimum atomic E-state index is 0.0363. The summed E-state index contributed by atoms with van der Waals surface area (Å²) in [6, 6.07) is 0.